The molecule has 8 nitrogen and oxygen atoms in total. The number of carbonyl (C=O) groups excluding carboxylic acids is 2. The molecule has 0 unspecified atom stereocenters. The standard InChI is InChI=1S/C23H17FN2O6S/c1-31-21-14-15(7-12-20(21)32-33(29,30)18-10-8-16(24)9-11-18)13-19-22(27)25-26(23(19)28)17-5-3-2-4-6-17/h2-14H,1H3,(H,25,27)/b19-13+. The van der Waals surface area contributed by atoms with Gasteiger partial charge in [-0.1, -0.05) is 24.3 Å². The monoisotopic (exact) mass is 468 g/mol. The number of anilines is 1. The van der Waals surface area contributed by atoms with Gasteiger partial charge >= 0.3 is 10.1 Å². The highest BCUT2D eigenvalue weighted by molar-refractivity contribution is 7.87. The Hall–Kier alpha value is -4.18. The molecule has 4 rings (SSSR count). The molecule has 10 heteroatoms. The fourth-order valence-corrected chi connectivity index (χ4v) is 4.03. The molecule has 0 atom stereocenters. The number of nitrogens with one attached hydrogen (secondary N) is 1. The Morgan fingerprint density at radius 2 is 1.64 bits per heavy atom. The summed E-state index contributed by atoms with van der Waals surface area (Å²) in [6.45, 7) is 0. The molecule has 3 aromatic rings. The van der Waals surface area contributed by atoms with Crippen LogP contribution in [-0.4, -0.2) is 27.3 Å². The lowest BCUT2D eigenvalue weighted by Crippen LogP contribution is -2.35. The lowest BCUT2D eigenvalue weighted by atomic mass is 10.1. The first-order valence-corrected chi connectivity index (χ1v) is 11.0. The van der Waals surface area contributed by atoms with Gasteiger partial charge in [-0.2, -0.15) is 8.42 Å². The van der Waals surface area contributed by atoms with Crippen molar-refractivity contribution in [2.24, 2.45) is 0 Å². The minimum atomic E-state index is -4.24. The van der Waals surface area contributed by atoms with Crippen LogP contribution < -0.4 is 19.4 Å². The Morgan fingerprint density at radius 3 is 2.30 bits per heavy atom. The third-order valence-electron chi connectivity index (χ3n) is 4.71. The Kier molecular flexibility index (Phi) is 5.84. The first kappa shape index (κ1) is 22.0. The van der Waals surface area contributed by atoms with Gasteiger partial charge in [-0.15, -0.1) is 0 Å². The average Bonchev–Trinajstić information content (AvgIpc) is 3.09. The third-order valence-corrected chi connectivity index (χ3v) is 5.95. The second-order valence-electron chi connectivity index (χ2n) is 6.88. The van der Waals surface area contributed by atoms with E-state index in [-0.39, 0.29) is 22.0 Å². The van der Waals surface area contributed by atoms with Crippen molar-refractivity contribution in [3.63, 3.8) is 0 Å². The molecule has 0 saturated carbocycles. The molecule has 0 aliphatic carbocycles. The number of halogens is 1. The topological polar surface area (TPSA) is 102 Å². The van der Waals surface area contributed by atoms with E-state index in [1.807, 2.05) is 0 Å². The molecule has 0 radical (unpaired) electrons. The summed E-state index contributed by atoms with van der Waals surface area (Å²) in [5.41, 5.74) is 3.31. The summed E-state index contributed by atoms with van der Waals surface area (Å²) in [5, 5.41) is 1.14. The van der Waals surface area contributed by atoms with E-state index in [1.54, 1.807) is 30.3 Å². The zero-order valence-corrected chi connectivity index (χ0v) is 18.0. The number of ether oxygens (including phenoxy) is 1. The van der Waals surface area contributed by atoms with Gasteiger partial charge in [0.25, 0.3) is 11.8 Å². The highest BCUT2D eigenvalue weighted by Crippen LogP contribution is 2.32. The molecule has 33 heavy (non-hydrogen) atoms. The number of methoxy groups -OCH3 is 1. The molecule has 1 N–H and O–H groups in total. The van der Waals surface area contributed by atoms with Gasteiger partial charge in [-0.05, 0) is 60.2 Å². The smallest absolute Gasteiger partial charge is 0.339 e. The van der Waals surface area contributed by atoms with E-state index in [0.717, 1.165) is 29.3 Å². The van der Waals surface area contributed by atoms with Gasteiger partial charge in [0, 0.05) is 0 Å². The van der Waals surface area contributed by atoms with Gasteiger partial charge in [0.05, 0.1) is 12.8 Å². The molecule has 1 aliphatic heterocycles. The predicted molar refractivity (Wildman–Crippen MR) is 117 cm³/mol. The van der Waals surface area contributed by atoms with Crippen LogP contribution in [0.1, 0.15) is 5.56 Å². The maximum Gasteiger partial charge on any atom is 0.339 e. The number of hydrogen-bond donors (Lipinski definition) is 1. The number of hydrazine groups is 1. The van der Waals surface area contributed by atoms with Crippen molar-refractivity contribution in [2.45, 2.75) is 4.90 Å². The summed E-state index contributed by atoms with van der Waals surface area (Å²) >= 11 is 0. The minimum absolute atomic E-state index is 0.0563. The van der Waals surface area contributed by atoms with E-state index in [4.69, 9.17) is 8.92 Å². The molecule has 0 spiro atoms. The number of hydrogen-bond acceptors (Lipinski definition) is 6. The number of benzene rings is 3. The average molecular weight is 468 g/mol. The number of rotatable bonds is 6. The van der Waals surface area contributed by atoms with Gasteiger partial charge in [0.2, 0.25) is 0 Å². The van der Waals surface area contributed by atoms with Crippen molar-refractivity contribution < 1.29 is 31.3 Å². The maximum atomic E-state index is 13.1. The second kappa shape index (κ2) is 8.75. The number of amides is 2. The summed E-state index contributed by atoms with van der Waals surface area (Å²) < 4.78 is 48.4. The Labute approximate surface area is 189 Å². The van der Waals surface area contributed by atoms with E-state index < -0.39 is 27.7 Å². The van der Waals surface area contributed by atoms with Gasteiger partial charge < -0.3 is 8.92 Å². The summed E-state index contributed by atoms with van der Waals surface area (Å²) in [4.78, 5) is 24.9. The van der Waals surface area contributed by atoms with E-state index in [9.17, 15) is 22.4 Å². The molecule has 0 bridgehead atoms. The van der Waals surface area contributed by atoms with Crippen molar-refractivity contribution in [3.05, 3.63) is 89.8 Å². The quantitative estimate of drug-likeness (QED) is 0.339. The largest absolute Gasteiger partial charge is 0.493 e. The zero-order valence-electron chi connectivity index (χ0n) is 17.2. The minimum Gasteiger partial charge on any atom is -0.493 e. The normalized spacial score (nSPS) is 15.0. The highest BCUT2D eigenvalue weighted by atomic mass is 32.2. The molecule has 168 valence electrons. The van der Waals surface area contributed by atoms with Crippen LogP contribution in [-0.2, 0) is 19.7 Å². The molecule has 2 amide bonds. The van der Waals surface area contributed by atoms with Gasteiger partial charge in [0.1, 0.15) is 16.3 Å². The molecule has 1 saturated heterocycles. The number of para-hydroxylation sites is 1. The highest BCUT2D eigenvalue weighted by Gasteiger charge is 2.34. The predicted octanol–water partition coefficient (Wildman–Crippen LogP) is 3.06. The van der Waals surface area contributed by atoms with Crippen LogP contribution in [0.15, 0.2) is 83.3 Å². The fourth-order valence-electron chi connectivity index (χ4n) is 3.09. The SMILES string of the molecule is COc1cc(/C=C2\C(=O)NN(c3ccccc3)C2=O)ccc1OS(=O)(=O)c1ccc(F)cc1. The van der Waals surface area contributed by atoms with Crippen LogP contribution in [0, 0.1) is 5.82 Å². The van der Waals surface area contributed by atoms with Crippen molar-refractivity contribution in [2.75, 3.05) is 12.1 Å². The van der Waals surface area contributed by atoms with Gasteiger partial charge in [0.15, 0.2) is 11.5 Å². The van der Waals surface area contributed by atoms with Crippen molar-refractivity contribution in [1.29, 1.82) is 0 Å². The first-order chi connectivity index (χ1) is 15.8. The first-order valence-electron chi connectivity index (χ1n) is 9.59. The van der Waals surface area contributed by atoms with E-state index in [2.05, 4.69) is 5.43 Å². The molecule has 1 heterocycles. The van der Waals surface area contributed by atoms with Crippen LogP contribution in [0.4, 0.5) is 10.1 Å². The summed E-state index contributed by atoms with van der Waals surface area (Å²) in [6, 6.07) is 17.0. The lowest BCUT2D eigenvalue weighted by molar-refractivity contribution is -0.117. The van der Waals surface area contributed by atoms with Crippen LogP contribution in [0.2, 0.25) is 0 Å². The van der Waals surface area contributed by atoms with Crippen LogP contribution in [0.5, 0.6) is 11.5 Å². The fraction of sp³-hybridized carbons (Fsp3) is 0.0435. The van der Waals surface area contributed by atoms with Gasteiger partial charge in [-0.25, -0.2) is 9.40 Å². The number of carbonyl (C=O) groups is 2. The van der Waals surface area contributed by atoms with Crippen LogP contribution in [0.3, 0.4) is 0 Å². The summed E-state index contributed by atoms with van der Waals surface area (Å²) in [5.74, 6) is -1.76. The molecule has 0 aromatic heterocycles. The van der Waals surface area contributed by atoms with Crippen molar-refractivity contribution >= 4 is 33.7 Å². The van der Waals surface area contributed by atoms with E-state index in [1.165, 1.54) is 31.4 Å². The third kappa shape index (κ3) is 4.55. The second-order valence-corrected chi connectivity index (χ2v) is 8.42. The maximum absolute atomic E-state index is 13.1. The zero-order chi connectivity index (χ0) is 23.6. The Bertz CT molecular complexity index is 1360. The Balaban J connectivity index is 1.60. The van der Waals surface area contributed by atoms with Crippen molar-refractivity contribution in [1.82, 2.24) is 5.43 Å². The Morgan fingerprint density at radius 1 is 0.939 bits per heavy atom. The lowest BCUT2D eigenvalue weighted by Gasteiger charge is -2.14. The molecular formula is C23H17FN2O6S. The molecule has 1 aliphatic rings. The molecular weight excluding hydrogens is 451 g/mol. The van der Waals surface area contributed by atoms with E-state index in [0.29, 0.717) is 11.3 Å². The summed E-state index contributed by atoms with van der Waals surface area (Å²) in [7, 11) is -2.93. The van der Waals surface area contributed by atoms with Crippen LogP contribution in [0.25, 0.3) is 6.08 Å². The van der Waals surface area contributed by atoms with Crippen LogP contribution >= 0.6 is 0 Å². The van der Waals surface area contributed by atoms with Crippen molar-refractivity contribution in [3.8, 4) is 11.5 Å². The van der Waals surface area contributed by atoms with Gasteiger partial charge in [-0.3, -0.25) is 15.0 Å². The summed E-state index contributed by atoms with van der Waals surface area (Å²) in [6.07, 6.45) is 1.36. The number of nitrogens with zero attached hydrogens (tertiary/aromatic N) is 1. The molecule has 1 fully saturated rings. The molecule has 3 aromatic carbocycles. The van der Waals surface area contributed by atoms with E-state index >= 15 is 0 Å².